The van der Waals surface area contributed by atoms with E-state index in [1.165, 1.54) is 0 Å². The minimum absolute atomic E-state index is 0.284. The summed E-state index contributed by atoms with van der Waals surface area (Å²) in [5.74, 6) is 0. The molecular formula is C5H10Te. The molecule has 0 aliphatic rings. The van der Waals surface area contributed by atoms with E-state index >= 15 is 0 Å². The summed E-state index contributed by atoms with van der Waals surface area (Å²) in [7, 11) is 0. The standard InChI is InChI=1S/C5H10Te/c1-4-5(2)6-3/h4-5H,1H2,2-3H3. The molecule has 0 heterocycles. The Morgan fingerprint density at radius 1 is 1.83 bits per heavy atom. The summed E-state index contributed by atoms with van der Waals surface area (Å²) in [6.07, 6.45) is 2.03. The second kappa shape index (κ2) is 3.71. The van der Waals surface area contributed by atoms with Crippen molar-refractivity contribution >= 4 is 20.9 Å². The summed E-state index contributed by atoms with van der Waals surface area (Å²) in [6.45, 7) is 5.88. The topological polar surface area (TPSA) is 0 Å². The van der Waals surface area contributed by atoms with Crippen molar-refractivity contribution in [2.75, 3.05) is 0 Å². The molecule has 0 fully saturated rings. The Morgan fingerprint density at radius 2 is 2.33 bits per heavy atom. The second-order valence-electron chi connectivity index (χ2n) is 1.18. The second-order valence-corrected chi connectivity index (χ2v) is 4.64. The van der Waals surface area contributed by atoms with Crippen molar-refractivity contribution in [2.45, 2.75) is 15.9 Å². The monoisotopic (exact) mass is 200 g/mol. The van der Waals surface area contributed by atoms with Gasteiger partial charge in [0.05, 0.1) is 0 Å². The summed E-state index contributed by atoms with van der Waals surface area (Å²) in [4.78, 5) is 2.29. The molecule has 0 amide bonds. The minimum atomic E-state index is 0.284. The molecule has 0 bridgehead atoms. The summed E-state index contributed by atoms with van der Waals surface area (Å²) < 4.78 is 0.829. The molecule has 6 heavy (non-hydrogen) atoms. The van der Waals surface area contributed by atoms with Crippen LogP contribution in [-0.4, -0.2) is 20.9 Å². The summed E-state index contributed by atoms with van der Waals surface area (Å²) in [5.41, 5.74) is 0. The van der Waals surface area contributed by atoms with E-state index in [2.05, 4.69) is 18.5 Å². The Kier molecular flexibility index (Phi) is 4.04. The number of hydrogen-bond donors (Lipinski definition) is 0. The molecule has 0 aromatic heterocycles. The molecule has 0 rings (SSSR count). The van der Waals surface area contributed by atoms with Crippen LogP contribution in [0.25, 0.3) is 0 Å². The van der Waals surface area contributed by atoms with Gasteiger partial charge in [0.25, 0.3) is 0 Å². The van der Waals surface area contributed by atoms with Gasteiger partial charge >= 0.3 is 49.4 Å². The summed E-state index contributed by atoms with van der Waals surface area (Å²) in [5, 5.41) is 0. The van der Waals surface area contributed by atoms with Crippen molar-refractivity contribution in [3.05, 3.63) is 12.7 Å². The van der Waals surface area contributed by atoms with Crippen molar-refractivity contribution in [3.63, 3.8) is 0 Å². The summed E-state index contributed by atoms with van der Waals surface area (Å²) >= 11 is 0.284. The molecule has 1 heteroatoms. The van der Waals surface area contributed by atoms with E-state index in [0.717, 1.165) is 3.97 Å². The molecule has 0 nitrogen and oxygen atoms in total. The molecule has 36 valence electrons. The third-order valence-corrected chi connectivity index (χ3v) is 3.38. The van der Waals surface area contributed by atoms with Gasteiger partial charge in [-0.15, -0.1) is 0 Å². The van der Waals surface area contributed by atoms with E-state index in [0.29, 0.717) is 0 Å². The number of hydrogen-bond acceptors (Lipinski definition) is 0. The molecule has 0 spiro atoms. The normalized spacial score (nSPS) is 13.7. The van der Waals surface area contributed by atoms with Crippen LogP contribution >= 0.6 is 0 Å². The van der Waals surface area contributed by atoms with E-state index < -0.39 is 0 Å². The fraction of sp³-hybridized carbons (Fsp3) is 0.600. The Morgan fingerprint density at radius 3 is 2.33 bits per heavy atom. The average Bonchev–Trinajstić information content (AvgIpc) is 1.65. The molecule has 0 N–H and O–H groups in total. The molecule has 0 aromatic carbocycles. The Bertz CT molecular complexity index is 41.2. The Balaban J connectivity index is 2.96. The average molecular weight is 198 g/mol. The van der Waals surface area contributed by atoms with Gasteiger partial charge in [-0.05, 0) is 0 Å². The van der Waals surface area contributed by atoms with E-state index in [-0.39, 0.29) is 20.9 Å². The van der Waals surface area contributed by atoms with Crippen LogP contribution in [0, 0.1) is 0 Å². The SMILES string of the molecule is C=CC(C)[Te]C. The van der Waals surface area contributed by atoms with E-state index in [4.69, 9.17) is 0 Å². The van der Waals surface area contributed by atoms with Crippen molar-refractivity contribution in [2.24, 2.45) is 0 Å². The van der Waals surface area contributed by atoms with Crippen molar-refractivity contribution in [3.8, 4) is 0 Å². The van der Waals surface area contributed by atoms with E-state index in [1.54, 1.807) is 0 Å². The van der Waals surface area contributed by atoms with Gasteiger partial charge in [0.2, 0.25) is 0 Å². The van der Waals surface area contributed by atoms with Crippen molar-refractivity contribution in [1.29, 1.82) is 0 Å². The number of rotatable bonds is 2. The summed E-state index contributed by atoms with van der Waals surface area (Å²) in [6, 6.07) is 0. The zero-order valence-electron chi connectivity index (χ0n) is 4.27. The van der Waals surface area contributed by atoms with Crippen LogP contribution in [-0.2, 0) is 0 Å². The van der Waals surface area contributed by atoms with Gasteiger partial charge in [-0.25, -0.2) is 0 Å². The Hall–Kier alpha value is 0.530. The van der Waals surface area contributed by atoms with Crippen LogP contribution in [0.2, 0.25) is 8.94 Å². The first-order valence-corrected chi connectivity index (χ1v) is 5.64. The van der Waals surface area contributed by atoms with Crippen LogP contribution in [0.3, 0.4) is 0 Å². The number of allylic oxidation sites excluding steroid dienone is 1. The zero-order valence-corrected chi connectivity index (χ0v) is 6.60. The van der Waals surface area contributed by atoms with Gasteiger partial charge in [0, 0.05) is 0 Å². The zero-order chi connectivity index (χ0) is 4.99. The molecule has 0 aliphatic carbocycles. The van der Waals surface area contributed by atoms with Gasteiger partial charge in [0.15, 0.2) is 0 Å². The van der Waals surface area contributed by atoms with Crippen LogP contribution in [0.15, 0.2) is 12.7 Å². The fourth-order valence-electron chi connectivity index (χ4n) is 0.0962. The predicted molar refractivity (Wildman–Crippen MR) is 31.2 cm³/mol. The molecule has 1 unspecified atom stereocenters. The maximum atomic E-state index is 3.66. The predicted octanol–water partition coefficient (Wildman–Crippen LogP) is 1.73. The van der Waals surface area contributed by atoms with E-state index in [9.17, 15) is 0 Å². The molecule has 1 atom stereocenters. The molecule has 0 aliphatic heterocycles. The van der Waals surface area contributed by atoms with Gasteiger partial charge in [-0.1, -0.05) is 0 Å². The van der Waals surface area contributed by atoms with Crippen LogP contribution in [0.4, 0.5) is 0 Å². The van der Waals surface area contributed by atoms with Crippen LogP contribution in [0.1, 0.15) is 6.92 Å². The van der Waals surface area contributed by atoms with Gasteiger partial charge in [0.1, 0.15) is 0 Å². The molecule has 0 aromatic rings. The fourth-order valence-corrected chi connectivity index (χ4v) is 0.645. The maximum absolute atomic E-state index is 3.66. The first kappa shape index (κ1) is 6.53. The van der Waals surface area contributed by atoms with Crippen molar-refractivity contribution in [1.82, 2.24) is 0 Å². The van der Waals surface area contributed by atoms with Crippen LogP contribution < -0.4 is 0 Å². The van der Waals surface area contributed by atoms with Gasteiger partial charge in [-0.3, -0.25) is 0 Å². The van der Waals surface area contributed by atoms with Crippen LogP contribution in [0.5, 0.6) is 0 Å². The first-order chi connectivity index (χ1) is 2.81. The Labute approximate surface area is 49.7 Å². The quantitative estimate of drug-likeness (QED) is 0.467. The first-order valence-electron chi connectivity index (χ1n) is 1.96. The molecule has 0 saturated carbocycles. The third kappa shape index (κ3) is 2.75. The third-order valence-electron chi connectivity index (χ3n) is 0.704. The van der Waals surface area contributed by atoms with Gasteiger partial charge in [-0.2, -0.15) is 0 Å². The van der Waals surface area contributed by atoms with Crippen molar-refractivity contribution < 1.29 is 0 Å². The van der Waals surface area contributed by atoms with Gasteiger partial charge < -0.3 is 0 Å². The molecular weight excluding hydrogens is 188 g/mol. The molecule has 0 saturated heterocycles. The molecule has 0 radical (unpaired) electrons. The van der Waals surface area contributed by atoms with E-state index in [1.807, 2.05) is 6.08 Å².